The summed E-state index contributed by atoms with van der Waals surface area (Å²) in [5.74, 6) is -0.454. The van der Waals surface area contributed by atoms with E-state index in [1.807, 2.05) is 24.3 Å². The van der Waals surface area contributed by atoms with Crippen LogP contribution in [0.4, 0.5) is 0 Å². The molecule has 0 aliphatic carbocycles. The van der Waals surface area contributed by atoms with Crippen LogP contribution in [0.3, 0.4) is 0 Å². The summed E-state index contributed by atoms with van der Waals surface area (Å²) < 4.78 is 10.2. The number of nitrogens with one attached hydrogen (secondary N) is 1. The highest BCUT2D eigenvalue weighted by Gasteiger charge is 2.10. The van der Waals surface area contributed by atoms with E-state index in [1.54, 1.807) is 12.1 Å². The molecule has 0 aliphatic heterocycles. The smallest absolute Gasteiger partial charge is 0.344 e. The van der Waals surface area contributed by atoms with Crippen molar-refractivity contribution < 1.29 is 19.1 Å². The molecule has 0 fully saturated rings. The quantitative estimate of drug-likeness (QED) is 0.860. The largest absolute Gasteiger partial charge is 0.481 e. The molecule has 1 N–H and O–H groups in total. The topological polar surface area (TPSA) is 64.6 Å². The van der Waals surface area contributed by atoms with Crippen LogP contribution >= 0.6 is 11.6 Å². The molecule has 0 unspecified atom stereocenters. The molecule has 0 saturated carbocycles. The lowest BCUT2D eigenvalue weighted by molar-refractivity contribution is -0.150. The van der Waals surface area contributed by atoms with Gasteiger partial charge in [0.1, 0.15) is 5.75 Å². The highest BCUT2D eigenvalue weighted by atomic mass is 35.5. The fourth-order valence-corrected chi connectivity index (χ4v) is 1.98. The number of amides is 1. The molecule has 0 bridgehead atoms. The fraction of sp³-hybridized carbons (Fsp3) is 0.200. The Morgan fingerprint density at radius 1 is 1.10 bits per heavy atom. The highest BCUT2D eigenvalue weighted by Crippen LogP contribution is 2.31. The number of rotatable bonds is 5. The lowest BCUT2D eigenvalue weighted by Gasteiger charge is -2.10. The normalized spacial score (nSPS) is 10.2. The van der Waals surface area contributed by atoms with Crippen LogP contribution in [0, 0.1) is 0 Å². The van der Waals surface area contributed by atoms with E-state index < -0.39 is 5.97 Å². The Kier molecular flexibility index (Phi) is 5.00. The molecule has 0 heterocycles. The summed E-state index contributed by atoms with van der Waals surface area (Å²) in [4.78, 5) is 22.4. The van der Waals surface area contributed by atoms with Gasteiger partial charge in [0.15, 0.2) is 13.2 Å². The zero-order valence-electron chi connectivity index (χ0n) is 11.4. The molecule has 1 amide bonds. The van der Waals surface area contributed by atoms with Crippen molar-refractivity contribution in [3.05, 3.63) is 41.4 Å². The molecule has 21 heavy (non-hydrogen) atoms. The summed E-state index contributed by atoms with van der Waals surface area (Å²) in [6.45, 7) is -0.595. The number of fused-ring (bicyclic) bond motifs is 1. The zero-order chi connectivity index (χ0) is 15.2. The van der Waals surface area contributed by atoms with Gasteiger partial charge in [0, 0.05) is 22.8 Å². The summed E-state index contributed by atoms with van der Waals surface area (Å²) >= 11 is 6.10. The number of likely N-dealkylation sites (N-methyl/N-ethyl adjacent to an activating group) is 1. The van der Waals surface area contributed by atoms with Gasteiger partial charge in [-0.1, -0.05) is 35.9 Å². The molecule has 6 heteroatoms. The van der Waals surface area contributed by atoms with Crippen LogP contribution in [0.1, 0.15) is 0 Å². The molecule has 0 radical (unpaired) electrons. The number of esters is 1. The predicted molar refractivity (Wildman–Crippen MR) is 79.5 cm³/mol. The third kappa shape index (κ3) is 3.86. The van der Waals surface area contributed by atoms with Crippen molar-refractivity contribution in [2.45, 2.75) is 0 Å². The molecule has 0 saturated heterocycles. The zero-order valence-corrected chi connectivity index (χ0v) is 12.1. The van der Waals surface area contributed by atoms with Gasteiger partial charge in [0.2, 0.25) is 0 Å². The summed E-state index contributed by atoms with van der Waals surface area (Å²) in [5.41, 5.74) is 0. The SMILES string of the molecule is CNC(=O)COC(=O)COc1ccc(Cl)c2ccccc12. The van der Waals surface area contributed by atoms with Gasteiger partial charge in [-0.05, 0) is 12.1 Å². The minimum atomic E-state index is -0.613. The van der Waals surface area contributed by atoms with Crippen LogP contribution in [0.25, 0.3) is 10.8 Å². The molecule has 5 nitrogen and oxygen atoms in total. The molecule has 0 spiro atoms. The lowest BCUT2D eigenvalue weighted by atomic mass is 10.1. The van der Waals surface area contributed by atoms with Crippen LogP contribution in [0.5, 0.6) is 5.75 Å². The summed E-state index contributed by atoms with van der Waals surface area (Å²) in [7, 11) is 1.46. The van der Waals surface area contributed by atoms with Crippen molar-refractivity contribution >= 4 is 34.2 Å². The molecule has 0 aromatic heterocycles. The van der Waals surface area contributed by atoms with E-state index in [-0.39, 0.29) is 19.1 Å². The van der Waals surface area contributed by atoms with Gasteiger partial charge in [0.05, 0.1) is 0 Å². The van der Waals surface area contributed by atoms with E-state index in [1.165, 1.54) is 7.05 Å². The van der Waals surface area contributed by atoms with Gasteiger partial charge in [-0.25, -0.2) is 4.79 Å². The Labute approximate surface area is 126 Å². The predicted octanol–water partition coefficient (Wildman–Crippen LogP) is 2.16. The van der Waals surface area contributed by atoms with Gasteiger partial charge < -0.3 is 14.8 Å². The van der Waals surface area contributed by atoms with E-state index in [4.69, 9.17) is 21.1 Å². The van der Waals surface area contributed by atoms with Gasteiger partial charge in [0.25, 0.3) is 5.91 Å². The standard InChI is InChI=1S/C15H14ClNO4/c1-17-14(18)8-21-15(19)9-20-13-7-6-12(16)10-4-2-3-5-11(10)13/h2-7H,8-9H2,1H3,(H,17,18). The number of benzene rings is 2. The fourth-order valence-electron chi connectivity index (χ4n) is 1.76. The molecular weight excluding hydrogens is 294 g/mol. The number of carbonyl (C=O) groups is 2. The van der Waals surface area contributed by atoms with E-state index in [2.05, 4.69) is 5.32 Å². The Balaban J connectivity index is 2.02. The average molecular weight is 308 g/mol. The van der Waals surface area contributed by atoms with Crippen LogP contribution in [-0.2, 0) is 14.3 Å². The van der Waals surface area contributed by atoms with Crippen LogP contribution in [0.2, 0.25) is 5.02 Å². The van der Waals surface area contributed by atoms with Gasteiger partial charge in [-0.3, -0.25) is 4.79 Å². The molecule has 0 atom stereocenters. The van der Waals surface area contributed by atoms with Crippen molar-refractivity contribution in [2.75, 3.05) is 20.3 Å². The maximum absolute atomic E-state index is 11.5. The molecule has 2 aromatic carbocycles. The monoisotopic (exact) mass is 307 g/mol. The summed E-state index contributed by atoms with van der Waals surface area (Å²) in [6, 6.07) is 10.8. The molecule has 2 rings (SSSR count). The Hall–Kier alpha value is -2.27. The maximum Gasteiger partial charge on any atom is 0.344 e. The third-order valence-corrected chi connectivity index (χ3v) is 3.15. The first kappa shape index (κ1) is 15.1. The van der Waals surface area contributed by atoms with Crippen molar-refractivity contribution in [3.63, 3.8) is 0 Å². The van der Waals surface area contributed by atoms with E-state index in [9.17, 15) is 9.59 Å². The minimum absolute atomic E-state index is 0.275. The second-order valence-corrected chi connectivity index (χ2v) is 4.62. The Bertz CT molecular complexity index is 672. The lowest BCUT2D eigenvalue weighted by Crippen LogP contribution is -2.26. The molecular formula is C15H14ClNO4. The third-order valence-electron chi connectivity index (χ3n) is 2.82. The maximum atomic E-state index is 11.5. The van der Waals surface area contributed by atoms with Gasteiger partial charge in [-0.15, -0.1) is 0 Å². The van der Waals surface area contributed by atoms with E-state index in [0.717, 1.165) is 10.8 Å². The summed E-state index contributed by atoms with van der Waals surface area (Å²) in [6.07, 6.45) is 0. The first-order chi connectivity index (χ1) is 10.1. The van der Waals surface area contributed by atoms with Crippen molar-refractivity contribution in [1.29, 1.82) is 0 Å². The number of hydrogen-bond donors (Lipinski definition) is 1. The first-order valence-electron chi connectivity index (χ1n) is 6.28. The summed E-state index contributed by atoms with van der Waals surface area (Å²) in [5, 5.41) is 4.62. The Morgan fingerprint density at radius 3 is 2.52 bits per heavy atom. The number of halogens is 1. The minimum Gasteiger partial charge on any atom is -0.481 e. The molecule has 2 aromatic rings. The van der Waals surface area contributed by atoms with Gasteiger partial charge >= 0.3 is 5.97 Å². The van der Waals surface area contributed by atoms with E-state index in [0.29, 0.717) is 10.8 Å². The van der Waals surface area contributed by atoms with Crippen molar-refractivity contribution in [2.24, 2.45) is 0 Å². The Morgan fingerprint density at radius 2 is 1.81 bits per heavy atom. The van der Waals surface area contributed by atoms with Crippen molar-refractivity contribution in [3.8, 4) is 5.75 Å². The van der Waals surface area contributed by atoms with Crippen LogP contribution < -0.4 is 10.1 Å². The number of ether oxygens (including phenoxy) is 2. The second-order valence-electron chi connectivity index (χ2n) is 4.21. The highest BCUT2D eigenvalue weighted by molar-refractivity contribution is 6.35. The average Bonchev–Trinajstić information content (AvgIpc) is 2.52. The van der Waals surface area contributed by atoms with Gasteiger partial charge in [-0.2, -0.15) is 0 Å². The van der Waals surface area contributed by atoms with E-state index >= 15 is 0 Å². The van der Waals surface area contributed by atoms with Crippen LogP contribution in [-0.4, -0.2) is 32.1 Å². The second kappa shape index (κ2) is 6.95. The van der Waals surface area contributed by atoms with Crippen molar-refractivity contribution in [1.82, 2.24) is 5.32 Å². The first-order valence-corrected chi connectivity index (χ1v) is 6.66. The van der Waals surface area contributed by atoms with Crippen LogP contribution in [0.15, 0.2) is 36.4 Å². The number of hydrogen-bond acceptors (Lipinski definition) is 4. The molecule has 0 aliphatic rings. The number of carbonyl (C=O) groups excluding carboxylic acids is 2. The molecule has 110 valence electrons.